The van der Waals surface area contributed by atoms with Crippen LogP contribution in [0, 0.1) is 0 Å². The van der Waals surface area contributed by atoms with Gasteiger partial charge in [-0.1, -0.05) is 12.1 Å². The molecule has 0 aliphatic carbocycles. The molecule has 2 aromatic rings. The number of benzene rings is 1. The lowest BCUT2D eigenvalue weighted by molar-refractivity contribution is -0.131. The summed E-state index contributed by atoms with van der Waals surface area (Å²) in [5.74, 6) is 0.445. The highest BCUT2D eigenvalue weighted by atomic mass is 16.2. The zero-order chi connectivity index (χ0) is 20.3. The Kier molecular flexibility index (Phi) is 6.08. The van der Waals surface area contributed by atoms with Crippen LogP contribution in [0.5, 0.6) is 0 Å². The fourth-order valence-electron chi connectivity index (χ4n) is 3.72. The van der Waals surface area contributed by atoms with Gasteiger partial charge in [0.15, 0.2) is 0 Å². The molecule has 0 spiro atoms. The molecule has 1 saturated heterocycles. The minimum atomic E-state index is -0.196. The molecule has 2 amide bonds. The van der Waals surface area contributed by atoms with Crippen molar-refractivity contribution in [1.29, 1.82) is 0 Å². The largest absolute Gasteiger partial charge is 0.355 e. The first-order valence-corrected chi connectivity index (χ1v) is 9.53. The zero-order valence-corrected chi connectivity index (χ0v) is 16.6. The lowest BCUT2D eigenvalue weighted by Crippen LogP contribution is -2.42. The number of likely N-dealkylation sites (N-methyl/N-ethyl adjacent to an activating group) is 1. The first-order valence-electron chi connectivity index (χ1n) is 9.53. The van der Waals surface area contributed by atoms with E-state index in [1.165, 1.54) is 6.92 Å². The van der Waals surface area contributed by atoms with E-state index in [1.807, 2.05) is 13.1 Å². The van der Waals surface area contributed by atoms with Gasteiger partial charge in [-0.25, -0.2) is 4.98 Å². The fraction of sp³-hybridized carbons (Fsp3) is 0.500. The number of rotatable bonds is 6. The average Bonchev–Trinajstić information content (AvgIpc) is 2.99. The van der Waals surface area contributed by atoms with E-state index in [1.54, 1.807) is 30.1 Å². The zero-order valence-electron chi connectivity index (χ0n) is 16.6. The number of amides is 2. The third kappa shape index (κ3) is 4.56. The van der Waals surface area contributed by atoms with E-state index in [0.717, 1.165) is 12.8 Å². The molecule has 0 saturated carbocycles. The summed E-state index contributed by atoms with van der Waals surface area (Å²) in [7, 11) is 3.72. The number of nitrogens with one attached hydrogen (secondary N) is 2. The topological polar surface area (TPSA) is 98.4 Å². The first-order chi connectivity index (χ1) is 13.3. The number of fused-ring (bicyclic) bond motifs is 1. The van der Waals surface area contributed by atoms with Gasteiger partial charge in [-0.15, -0.1) is 0 Å². The molecule has 2 heterocycles. The molecule has 150 valence electrons. The number of hydrogen-bond donors (Lipinski definition) is 2. The van der Waals surface area contributed by atoms with E-state index in [9.17, 15) is 14.4 Å². The maximum atomic E-state index is 12.7. The molecule has 28 heavy (non-hydrogen) atoms. The van der Waals surface area contributed by atoms with Crippen LogP contribution in [-0.2, 0) is 16.1 Å². The van der Waals surface area contributed by atoms with Crippen LogP contribution in [0.25, 0.3) is 10.9 Å². The molecular weight excluding hydrogens is 358 g/mol. The van der Waals surface area contributed by atoms with Gasteiger partial charge < -0.3 is 15.2 Å². The SMILES string of the molecule is CC(=O)NC[C@H]1CC[C@@H](CC(=O)N(C)Cc2nc3ccccc3c(=O)[nH]2)N1C. The van der Waals surface area contributed by atoms with Crippen LogP contribution in [-0.4, -0.2) is 64.3 Å². The van der Waals surface area contributed by atoms with Crippen LogP contribution in [0.2, 0.25) is 0 Å². The summed E-state index contributed by atoms with van der Waals surface area (Å²) in [4.78, 5) is 47.0. The van der Waals surface area contributed by atoms with Crippen molar-refractivity contribution in [3.63, 3.8) is 0 Å². The van der Waals surface area contributed by atoms with Crippen molar-refractivity contribution in [1.82, 2.24) is 25.1 Å². The predicted molar refractivity (Wildman–Crippen MR) is 107 cm³/mol. The van der Waals surface area contributed by atoms with Gasteiger partial charge in [-0.05, 0) is 32.0 Å². The summed E-state index contributed by atoms with van der Waals surface area (Å²) in [6.07, 6.45) is 2.28. The number of H-pyrrole nitrogens is 1. The van der Waals surface area contributed by atoms with Crippen molar-refractivity contribution in [2.45, 2.75) is 44.8 Å². The number of aromatic nitrogens is 2. The summed E-state index contributed by atoms with van der Waals surface area (Å²) in [6.45, 7) is 2.37. The van der Waals surface area contributed by atoms with Gasteiger partial charge in [0.2, 0.25) is 11.8 Å². The smallest absolute Gasteiger partial charge is 0.258 e. The predicted octanol–water partition coefficient (Wildman–Crippen LogP) is 0.871. The van der Waals surface area contributed by atoms with E-state index in [-0.39, 0.29) is 36.0 Å². The Morgan fingerprint density at radius 2 is 2.00 bits per heavy atom. The van der Waals surface area contributed by atoms with Crippen molar-refractivity contribution in [2.75, 3.05) is 20.6 Å². The van der Waals surface area contributed by atoms with E-state index in [2.05, 4.69) is 20.2 Å². The third-order valence-corrected chi connectivity index (χ3v) is 5.46. The normalized spacial score (nSPS) is 19.7. The monoisotopic (exact) mass is 385 g/mol. The van der Waals surface area contributed by atoms with Crippen molar-refractivity contribution < 1.29 is 9.59 Å². The van der Waals surface area contributed by atoms with Gasteiger partial charge in [-0.2, -0.15) is 0 Å². The Bertz CT molecular complexity index is 925. The molecule has 8 nitrogen and oxygen atoms in total. The molecule has 1 aromatic heterocycles. The minimum Gasteiger partial charge on any atom is -0.355 e. The van der Waals surface area contributed by atoms with Crippen molar-refractivity contribution >= 4 is 22.7 Å². The second-order valence-electron chi connectivity index (χ2n) is 7.47. The minimum absolute atomic E-state index is 0.00725. The molecule has 1 aromatic carbocycles. The fourth-order valence-corrected chi connectivity index (χ4v) is 3.72. The molecule has 1 aliphatic rings. The average molecular weight is 385 g/mol. The summed E-state index contributed by atoms with van der Waals surface area (Å²) >= 11 is 0. The molecule has 0 radical (unpaired) electrons. The summed E-state index contributed by atoms with van der Waals surface area (Å²) in [5.41, 5.74) is 0.427. The Morgan fingerprint density at radius 3 is 2.75 bits per heavy atom. The molecule has 2 atom stereocenters. The van der Waals surface area contributed by atoms with Crippen LogP contribution in [0.15, 0.2) is 29.1 Å². The summed E-state index contributed by atoms with van der Waals surface area (Å²) in [6, 6.07) is 7.56. The summed E-state index contributed by atoms with van der Waals surface area (Å²) in [5, 5.41) is 3.39. The first kappa shape index (κ1) is 20.0. The van der Waals surface area contributed by atoms with E-state index in [0.29, 0.717) is 29.7 Å². The number of nitrogens with zero attached hydrogens (tertiary/aromatic N) is 3. The lowest BCUT2D eigenvalue weighted by atomic mass is 10.1. The maximum Gasteiger partial charge on any atom is 0.258 e. The Morgan fingerprint density at radius 1 is 1.29 bits per heavy atom. The standard InChI is InChI=1S/C20H27N5O3/c1-13(26)21-11-15-9-8-14(25(15)3)10-19(27)24(2)12-18-22-17-7-5-4-6-16(17)20(28)23-18/h4-7,14-15H,8-12H2,1-3H3,(H,21,26)(H,22,23,28)/t14-,15+/m0/s1. The van der Waals surface area contributed by atoms with Gasteiger partial charge in [0.1, 0.15) is 5.82 Å². The molecule has 1 fully saturated rings. The molecule has 3 rings (SSSR count). The van der Waals surface area contributed by atoms with Gasteiger partial charge in [-0.3, -0.25) is 19.3 Å². The molecule has 0 bridgehead atoms. The number of carbonyl (C=O) groups excluding carboxylic acids is 2. The third-order valence-electron chi connectivity index (χ3n) is 5.46. The van der Waals surface area contributed by atoms with Crippen molar-refractivity contribution in [2.24, 2.45) is 0 Å². The number of carbonyl (C=O) groups is 2. The highest BCUT2D eigenvalue weighted by Gasteiger charge is 2.32. The van der Waals surface area contributed by atoms with Gasteiger partial charge in [0.05, 0.1) is 17.4 Å². The van der Waals surface area contributed by atoms with Gasteiger partial charge in [0.25, 0.3) is 5.56 Å². The number of hydrogen-bond acceptors (Lipinski definition) is 5. The van der Waals surface area contributed by atoms with E-state index >= 15 is 0 Å². The van der Waals surface area contributed by atoms with Crippen LogP contribution in [0.1, 0.15) is 32.0 Å². The Labute approximate surface area is 163 Å². The quantitative estimate of drug-likeness (QED) is 0.769. The lowest BCUT2D eigenvalue weighted by Gasteiger charge is -2.27. The highest BCUT2D eigenvalue weighted by molar-refractivity contribution is 5.78. The molecule has 1 aliphatic heterocycles. The van der Waals surface area contributed by atoms with Crippen molar-refractivity contribution in [3.05, 3.63) is 40.4 Å². The molecule has 2 N–H and O–H groups in total. The van der Waals surface area contributed by atoms with Crippen molar-refractivity contribution in [3.8, 4) is 0 Å². The summed E-state index contributed by atoms with van der Waals surface area (Å²) < 4.78 is 0. The molecular formula is C20H27N5O3. The van der Waals surface area contributed by atoms with Crippen LogP contribution in [0.4, 0.5) is 0 Å². The molecule has 0 unspecified atom stereocenters. The van der Waals surface area contributed by atoms with Gasteiger partial charge in [0, 0.05) is 39.0 Å². The second-order valence-corrected chi connectivity index (χ2v) is 7.47. The van der Waals surface area contributed by atoms with Crippen LogP contribution < -0.4 is 10.9 Å². The van der Waals surface area contributed by atoms with E-state index in [4.69, 9.17) is 0 Å². The highest BCUT2D eigenvalue weighted by Crippen LogP contribution is 2.24. The molecule has 8 heteroatoms. The van der Waals surface area contributed by atoms with E-state index < -0.39 is 0 Å². The number of para-hydroxylation sites is 1. The van der Waals surface area contributed by atoms with Gasteiger partial charge >= 0.3 is 0 Å². The Balaban J connectivity index is 1.59. The maximum absolute atomic E-state index is 12.7. The Hall–Kier alpha value is -2.74. The van der Waals surface area contributed by atoms with Crippen LogP contribution >= 0.6 is 0 Å². The number of aromatic amines is 1. The second kappa shape index (κ2) is 8.52. The van der Waals surface area contributed by atoms with Crippen LogP contribution in [0.3, 0.4) is 0 Å². The number of likely N-dealkylation sites (tertiary alicyclic amines) is 1.